The van der Waals surface area contributed by atoms with Crippen LogP contribution in [0.4, 0.5) is 11.4 Å². The van der Waals surface area contributed by atoms with Crippen molar-refractivity contribution in [1.82, 2.24) is 0 Å². The maximum atomic E-state index is 6.12. The van der Waals surface area contributed by atoms with Gasteiger partial charge < -0.3 is 14.8 Å². The van der Waals surface area contributed by atoms with Crippen LogP contribution in [0.2, 0.25) is 0 Å². The Morgan fingerprint density at radius 2 is 1.82 bits per heavy atom. The van der Waals surface area contributed by atoms with Gasteiger partial charge in [-0.1, -0.05) is 70.5 Å². The molecule has 6 heteroatoms. The first-order valence-electron chi connectivity index (χ1n) is 13.0. The Hall–Kier alpha value is -3.10. The van der Waals surface area contributed by atoms with E-state index in [1.165, 1.54) is 16.8 Å². The molecule has 1 N–H and O–H groups in total. The quantitative estimate of drug-likeness (QED) is 0.119. The lowest BCUT2D eigenvalue weighted by Crippen LogP contribution is -2.28. The Morgan fingerprint density at radius 1 is 1.03 bits per heavy atom. The summed E-state index contributed by atoms with van der Waals surface area (Å²) in [5.41, 5.74) is 6.92. The van der Waals surface area contributed by atoms with Crippen LogP contribution >= 0.6 is 38.5 Å². The summed E-state index contributed by atoms with van der Waals surface area (Å²) in [7, 11) is 1.67. The van der Waals surface area contributed by atoms with Crippen LogP contribution in [0.3, 0.4) is 0 Å². The lowest BCUT2D eigenvalue weighted by Gasteiger charge is -2.37. The van der Waals surface area contributed by atoms with E-state index < -0.39 is 0 Å². The molecule has 0 radical (unpaired) electrons. The lowest BCUT2D eigenvalue weighted by molar-refractivity contribution is 0.282. The zero-order valence-electron chi connectivity index (χ0n) is 21.5. The number of benzene rings is 4. The maximum Gasteiger partial charge on any atom is 0.174 e. The van der Waals surface area contributed by atoms with Crippen molar-refractivity contribution in [2.75, 3.05) is 12.4 Å². The molecule has 0 bridgehead atoms. The van der Waals surface area contributed by atoms with E-state index in [2.05, 4.69) is 111 Å². The SMILES string of the molecule is COc1cc(C=Nc2ccc([C@@H]3Nc4ccccc4[C@H]4C=CC[C@@H]43)cc2)cc(I)c1OCc1ccc(Br)cc1. The second kappa shape index (κ2) is 11.6. The lowest BCUT2D eigenvalue weighted by atomic mass is 9.77. The molecular weight excluding hydrogens is 663 g/mol. The third-order valence-electron chi connectivity index (χ3n) is 7.44. The predicted molar refractivity (Wildman–Crippen MR) is 171 cm³/mol. The van der Waals surface area contributed by atoms with Gasteiger partial charge in [0.25, 0.3) is 0 Å². The number of allylic oxidation sites excluding steroid dienone is 2. The van der Waals surface area contributed by atoms with E-state index in [0.717, 1.165) is 37.0 Å². The maximum absolute atomic E-state index is 6.12. The third kappa shape index (κ3) is 5.63. The van der Waals surface area contributed by atoms with Crippen molar-refractivity contribution < 1.29 is 9.47 Å². The summed E-state index contributed by atoms with van der Waals surface area (Å²) in [4.78, 5) is 4.75. The fourth-order valence-electron chi connectivity index (χ4n) is 5.48. The van der Waals surface area contributed by atoms with Gasteiger partial charge in [0.05, 0.1) is 22.4 Å². The number of fused-ring (bicyclic) bond motifs is 3. The molecule has 0 unspecified atom stereocenters. The molecule has 2 aliphatic rings. The van der Waals surface area contributed by atoms with Crippen LogP contribution in [0.25, 0.3) is 0 Å². The molecule has 4 aromatic carbocycles. The molecule has 4 nitrogen and oxygen atoms in total. The number of ether oxygens (including phenoxy) is 2. The minimum Gasteiger partial charge on any atom is -0.493 e. The first kappa shape index (κ1) is 26.1. The number of methoxy groups -OCH3 is 1. The third-order valence-corrected chi connectivity index (χ3v) is 8.77. The Balaban J connectivity index is 1.16. The van der Waals surface area contributed by atoms with E-state index in [0.29, 0.717) is 24.2 Å². The fourth-order valence-corrected chi connectivity index (χ4v) is 6.53. The number of hydrogen-bond donors (Lipinski definition) is 1. The van der Waals surface area contributed by atoms with Gasteiger partial charge in [-0.05, 0) is 99.6 Å². The molecule has 196 valence electrons. The van der Waals surface area contributed by atoms with Gasteiger partial charge >= 0.3 is 0 Å². The summed E-state index contributed by atoms with van der Waals surface area (Å²) in [6.45, 7) is 0.471. The van der Waals surface area contributed by atoms with Crippen LogP contribution in [0, 0.1) is 9.49 Å². The number of nitrogens with zero attached hydrogens (tertiary/aromatic N) is 1. The fraction of sp³-hybridized carbons (Fsp3) is 0.182. The van der Waals surface area contributed by atoms with Crippen molar-refractivity contribution in [3.05, 3.63) is 127 Å². The van der Waals surface area contributed by atoms with E-state index in [1.54, 1.807) is 7.11 Å². The molecule has 6 rings (SSSR count). The molecule has 1 aliphatic heterocycles. The zero-order valence-corrected chi connectivity index (χ0v) is 25.2. The van der Waals surface area contributed by atoms with Crippen molar-refractivity contribution >= 4 is 56.1 Å². The Kier molecular flexibility index (Phi) is 7.75. The minimum absolute atomic E-state index is 0.286. The van der Waals surface area contributed by atoms with Crippen molar-refractivity contribution in [2.24, 2.45) is 10.9 Å². The molecule has 0 saturated carbocycles. The van der Waals surface area contributed by atoms with Gasteiger partial charge in [0.15, 0.2) is 11.5 Å². The number of hydrogen-bond acceptors (Lipinski definition) is 4. The van der Waals surface area contributed by atoms with Crippen molar-refractivity contribution in [2.45, 2.75) is 25.0 Å². The summed E-state index contributed by atoms with van der Waals surface area (Å²) in [6.07, 6.45) is 7.68. The minimum atomic E-state index is 0.286. The number of rotatable bonds is 7. The monoisotopic (exact) mass is 690 g/mol. The van der Waals surface area contributed by atoms with Gasteiger partial charge in [0.2, 0.25) is 0 Å². The molecule has 0 fully saturated rings. The molecule has 0 amide bonds. The number of nitrogens with one attached hydrogen (secondary N) is 1. The Bertz CT molecular complexity index is 1530. The molecule has 1 aliphatic carbocycles. The number of para-hydroxylation sites is 1. The molecule has 3 atom stereocenters. The average molecular weight is 691 g/mol. The van der Waals surface area contributed by atoms with Crippen LogP contribution in [0.5, 0.6) is 11.5 Å². The van der Waals surface area contributed by atoms with E-state index in [9.17, 15) is 0 Å². The summed E-state index contributed by atoms with van der Waals surface area (Å²) < 4.78 is 13.8. The molecule has 39 heavy (non-hydrogen) atoms. The van der Waals surface area contributed by atoms with Crippen molar-refractivity contribution in [3.63, 3.8) is 0 Å². The standard InChI is InChI=1S/C33H28BrIN2O2/c1-38-31-18-22(17-29(35)33(31)39-20-21-9-13-24(34)14-10-21)19-36-25-15-11-23(12-16-25)32-28-7-4-6-26(28)27-5-2-3-8-30(27)37-32/h2-6,8-19,26,28,32,37H,7,20H2,1H3/t26-,28+,32+/m1/s1. The molecule has 0 saturated heterocycles. The van der Waals surface area contributed by atoms with Gasteiger partial charge in [-0.3, -0.25) is 4.99 Å². The van der Waals surface area contributed by atoms with Crippen molar-refractivity contribution in [1.29, 1.82) is 0 Å². The Morgan fingerprint density at radius 3 is 2.62 bits per heavy atom. The predicted octanol–water partition coefficient (Wildman–Crippen LogP) is 9.22. The Labute approximate surface area is 251 Å². The second-order valence-electron chi connectivity index (χ2n) is 9.86. The molecule has 0 aromatic heterocycles. The van der Waals surface area contributed by atoms with E-state index >= 15 is 0 Å². The van der Waals surface area contributed by atoms with Gasteiger partial charge in [-0.2, -0.15) is 0 Å². The molecular formula is C33H28BrIN2O2. The first-order chi connectivity index (χ1) is 19.1. The van der Waals surface area contributed by atoms with Crippen LogP contribution in [0.1, 0.15) is 40.6 Å². The normalized spacial score (nSPS) is 19.4. The topological polar surface area (TPSA) is 42.8 Å². The summed E-state index contributed by atoms with van der Waals surface area (Å²) in [5, 5.41) is 3.80. The van der Waals surface area contributed by atoms with E-state index in [-0.39, 0.29) is 6.04 Å². The van der Waals surface area contributed by atoms with Gasteiger partial charge in [0, 0.05) is 22.3 Å². The van der Waals surface area contributed by atoms with E-state index in [1.807, 2.05) is 36.5 Å². The largest absolute Gasteiger partial charge is 0.493 e. The van der Waals surface area contributed by atoms with Gasteiger partial charge in [-0.25, -0.2) is 0 Å². The molecule has 4 aromatic rings. The molecule has 0 spiro atoms. The number of anilines is 1. The van der Waals surface area contributed by atoms with Crippen LogP contribution in [-0.2, 0) is 6.61 Å². The summed E-state index contributed by atoms with van der Waals surface area (Å²) >= 11 is 5.77. The van der Waals surface area contributed by atoms with Crippen LogP contribution < -0.4 is 14.8 Å². The molecule has 1 heterocycles. The highest BCUT2D eigenvalue weighted by atomic mass is 127. The van der Waals surface area contributed by atoms with Gasteiger partial charge in [-0.15, -0.1) is 0 Å². The number of aliphatic imine (C=N–C) groups is 1. The number of halogens is 2. The first-order valence-corrected chi connectivity index (χ1v) is 14.9. The second-order valence-corrected chi connectivity index (χ2v) is 11.9. The average Bonchev–Trinajstić information content (AvgIpc) is 3.46. The van der Waals surface area contributed by atoms with Gasteiger partial charge in [0.1, 0.15) is 6.61 Å². The zero-order chi connectivity index (χ0) is 26.8. The highest BCUT2D eigenvalue weighted by Crippen LogP contribution is 2.49. The summed E-state index contributed by atoms with van der Waals surface area (Å²) in [6, 6.07) is 29.7. The smallest absolute Gasteiger partial charge is 0.174 e. The van der Waals surface area contributed by atoms with E-state index in [4.69, 9.17) is 14.5 Å². The van der Waals surface area contributed by atoms with Crippen molar-refractivity contribution in [3.8, 4) is 11.5 Å². The highest BCUT2D eigenvalue weighted by molar-refractivity contribution is 14.1. The highest BCUT2D eigenvalue weighted by Gasteiger charge is 2.37. The summed E-state index contributed by atoms with van der Waals surface area (Å²) in [5.74, 6) is 2.45. The van der Waals surface area contributed by atoms with Crippen LogP contribution in [-0.4, -0.2) is 13.3 Å². The van der Waals surface area contributed by atoms with Crippen LogP contribution in [0.15, 0.2) is 107 Å².